The lowest BCUT2D eigenvalue weighted by molar-refractivity contribution is -0.142. The van der Waals surface area contributed by atoms with E-state index in [0.717, 1.165) is 27.8 Å². The van der Waals surface area contributed by atoms with Crippen molar-refractivity contribution in [1.29, 1.82) is 0 Å². The maximum absolute atomic E-state index is 13.9. The first kappa shape index (κ1) is 26.8. The molecule has 1 aromatic heterocycles. The molecule has 2 amide bonds. The summed E-state index contributed by atoms with van der Waals surface area (Å²) >= 11 is 0. The lowest BCUT2D eigenvalue weighted by Crippen LogP contribution is -2.54. The molecule has 3 aromatic rings. The third-order valence-corrected chi connectivity index (χ3v) is 7.95. The number of aliphatic hydroxyl groups excluding tert-OH is 1. The highest BCUT2D eigenvalue weighted by atomic mass is 16.3. The van der Waals surface area contributed by atoms with Crippen molar-refractivity contribution in [3.8, 4) is 11.1 Å². The van der Waals surface area contributed by atoms with Crippen LogP contribution in [0.4, 0.5) is 0 Å². The molecule has 202 valence electrons. The second kappa shape index (κ2) is 11.1. The number of carbonyl (C=O) groups excluding carboxylic acids is 3. The average Bonchev–Trinajstić information content (AvgIpc) is 3.48. The fraction of sp³-hybridized carbons (Fsp3) is 0.375. The maximum atomic E-state index is 13.9. The number of hydrogen-bond acceptors (Lipinski definition) is 5. The second-order valence-electron chi connectivity index (χ2n) is 11.0. The van der Waals surface area contributed by atoms with Crippen molar-refractivity contribution < 1.29 is 19.5 Å². The molecular weight excluding hydrogens is 490 g/mol. The van der Waals surface area contributed by atoms with Crippen LogP contribution in [0.2, 0.25) is 0 Å². The highest BCUT2D eigenvalue weighted by molar-refractivity contribution is 6.01. The molecule has 0 aliphatic carbocycles. The summed E-state index contributed by atoms with van der Waals surface area (Å²) in [7, 11) is 0. The summed E-state index contributed by atoms with van der Waals surface area (Å²) in [5.74, 6) is -0.636. The quantitative estimate of drug-likeness (QED) is 0.476. The average molecular weight is 526 g/mol. The summed E-state index contributed by atoms with van der Waals surface area (Å²) in [6, 6.07) is 16.2. The monoisotopic (exact) mass is 525 g/mol. The van der Waals surface area contributed by atoms with E-state index in [-0.39, 0.29) is 42.9 Å². The molecule has 0 spiro atoms. The van der Waals surface area contributed by atoms with Gasteiger partial charge in [-0.15, -0.1) is 0 Å². The molecule has 2 aromatic carbocycles. The van der Waals surface area contributed by atoms with Gasteiger partial charge in [-0.05, 0) is 59.2 Å². The SMILES string of the molecule is Cc1cnccc1-c1ccc(CCC(=O)[C@@H]2C[C@@H](O)CN2C(=O)[C@H](C(C)C)N2Cc3ccccc3C2=O)cc1. The van der Waals surface area contributed by atoms with Crippen LogP contribution in [0.5, 0.6) is 0 Å². The van der Waals surface area contributed by atoms with Gasteiger partial charge in [0.2, 0.25) is 5.91 Å². The predicted octanol–water partition coefficient (Wildman–Crippen LogP) is 4.20. The lowest BCUT2D eigenvalue weighted by atomic mass is 9.97. The van der Waals surface area contributed by atoms with Gasteiger partial charge in [-0.2, -0.15) is 0 Å². The van der Waals surface area contributed by atoms with Crippen LogP contribution >= 0.6 is 0 Å². The fourth-order valence-corrected chi connectivity index (χ4v) is 5.89. The summed E-state index contributed by atoms with van der Waals surface area (Å²) in [5.41, 5.74) is 5.88. The third kappa shape index (κ3) is 5.36. The molecule has 5 rings (SSSR count). The van der Waals surface area contributed by atoms with Crippen molar-refractivity contribution in [2.24, 2.45) is 5.92 Å². The summed E-state index contributed by atoms with van der Waals surface area (Å²) in [5, 5.41) is 10.5. The van der Waals surface area contributed by atoms with Crippen LogP contribution in [0.3, 0.4) is 0 Å². The molecule has 2 aliphatic heterocycles. The van der Waals surface area contributed by atoms with E-state index in [2.05, 4.69) is 17.1 Å². The van der Waals surface area contributed by atoms with Crippen LogP contribution in [-0.2, 0) is 22.6 Å². The molecule has 0 radical (unpaired) electrons. The molecule has 7 heteroatoms. The Bertz CT molecular complexity index is 1380. The standard InChI is InChI=1S/C32H35N3O4/c1-20(2)30(35-18-24-6-4-5-7-27(24)31(35)38)32(39)34-19-25(36)16-28(34)29(37)13-10-22-8-11-23(12-9-22)26-14-15-33-17-21(26)3/h4-9,11-12,14-15,17,20,25,28,30,36H,10,13,16,18-19H2,1-3H3/t25-,28+,30+/m1/s1. The molecule has 0 saturated carbocycles. The largest absolute Gasteiger partial charge is 0.391 e. The van der Waals surface area contributed by atoms with Gasteiger partial charge in [-0.3, -0.25) is 19.4 Å². The van der Waals surface area contributed by atoms with Crippen LogP contribution in [0, 0.1) is 12.8 Å². The number of amides is 2. The first-order valence-electron chi connectivity index (χ1n) is 13.6. The minimum Gasteiger partial charge on any atom is -0.391 e. The smallest absolute Gasteiger partial charge is 0.255 e. The molecular formula is C32H35N3O4. The zero-order valence-corrected chi connectivity index (χ0v) is 22.7. The Morgan fingerprint density at radius 1 is 1.05 bits per heavy atom. The first-order valence-corrected chi connectivity index (χ1v) is 13.6. The first-order chi connectivity index (χ1) is 18.7. The number of likely N-dealkylation sites (tertiary alicyclic amines) is 1. The molecule has 1 N–H and O–H groups in total. The molecule has 1 saturated heterocycles. The van der Waals surface area contributed by atoms with Crippen LogP contribution in [-0.4, -0.2) is 62.2 Å². The van der Waals surface area contributed by atoms with E-state index in [0.29, 0.717) is 18.5 Å². The number of hydrogen-bond donors (Lipinski definition) is 1. The van der Waals surface area contributed by atoms with Crippen LogP contribution in [0.15, 0.2) is 67.0 Å². The van der Waals surface area contributed by atoms with Crippen molar-refractivity contribution in [1.82, 2.24) is 14.8 Å². The number of β-amino-alcohol motifs (C(OH)–C–C–N with tert-alkyl or cyclic N) is 1. The minimum atomic E-state index is -0.759. The number of aromatic nitrogens is 1. The number of Topliss-reactive ketones (excluding diaryl/α,β-unsaturated/α-hetero) is 1. The number of nitrogens with zero attached hydrogens (tertiary/aromatic N) is 3. The minimum absolute atomic E-state index is 0.0625. The number of carbonyl (C=O) groups is 3. The highest BCUT2D eigenvalue weighted by Crippen LogP contribution is 2.31. The fourth-order valence-electron chi connectivity index (χ4n) is 5.89. The molecule has 3 atom stereocenters. The molecule has 7 nitrogen and oxygen atoms in total. The van der Waals surface area contributed by atoms with E-state index in [4.69, 9.17) is 0 Å². The number of fused-ring (bicyclic) bond motifs is 1. The Balaban J connectivity index is 1.27. The Hall–Kier alpha value is -3.84. The van der Waals surface area contributed by atoms with Crippen LogP contribution in [0.25, 0.3) is 11.1 Å². The highest BCUT2D eigenvalue weighted by Gasteiger charge is 2.45. The van der Waals surface area contributed by atoms with Gasteiger partial charge >= 0.3 is 0 Å². The van der Waals surface area contributed by atoms with Crippen molar-refractivity contribution in [2.45, 2.75) is 64.8 Å². The van der Waals surface area contributed by atoms with E-state index in [9.17, 15) is 19.5 Å². The van der Waals surface area contributed by atoms with Crippen molar-refractivity contribution >= 4 is 17.6 Å². The number of aryl methyl sites for hydroxylation is 2. The summed E-state index contributed by atoms with van der Waals surface area (Å²) < 4.78 is 0. The molecule has 0 bridgehead atoms. The number of aliphatic hydroxyl groups is 1. The zero-order chi connectivity index (χ0) is 27.7. The van der Waals surface area contributed by atoms with Crippen LogP contribution < -0.4 is 0 Å². The number of ketones is 1. The van der Waals surface area contributed by atoms with Crippen LogP contribution in [0.1, 0.15) is 53.7 Å². The summed E-state index contributed by atoms with van der Waals surface area (Å²) in [4.78, 5) is 47.7. The van der Waals surface area contributed by atoms with Gasteiger partial charge in [-0.25, -0.2) is 0 Å². The molecule has 39 heavy (non-hydrogen) atoms. The molecule has 3 heterocycles. The Kier molecular flexibility index (Phi) is 7.62. The molecule has 0 unspecified atom stereocenters. The third-order valence-electron chi connectivity index (χ3n) is 7.95. The Morgan fingerprint density at radius 3 is 2.49 bits per heavy atom. The number of pyridine rings is 1. The lowest BCUT2D eigenvalue weighted by Gasteiger charge is -2.35. The molecule has 2 aliphatic rings. The van der Waals surface area contributed by atoms with E-state index in [1.807, 2.05) is 63.4 Å². The van der Waals surface area contributed by atoms with Gasteiger partial charge in [0.25, 0.3) is 5.91 Å². The van der Waals surface area contributed by atoms with E-state index in [1.165, 1.54) is 4.90 Å². The van der Waals surface area contributed by atoms with Gasteiger partial charge < -0.3 is 14.9 Å². The van der Waals surface area contributed by atoms with Crippen molar-refractivity contribution in [3.63, 3.8) is 0 Å². The Labute approximate surface area is 229 Å². The number of benzene rings is 2. The normalized spacial score (nSPS) is 19.5. The molecule has 1 fully saturated rings. The zero-order valence-electron chi connectivity index (χ0n) is 22.7. The predicted molar refractivity (Wildman–Crippen MR) is 149 cm³/mol. The maximum Gasteiger partial charge on any atom is 0.255 e. The van der Waals surface area contributed by atoms with E-state index in [1.54, 1.807) is 17.2 Å². The van der Waals surface area contributed by atoms with Gasteiger partial charge in [0, 0.05) is 43.9 Å². The van der Waals surface area contributed by atoms with E-state index >= 15 is 0 Å². The van der Waals surface area contributed by atoms with E-state index < -0.39 is 18.2 Å². The topological polar surface area (TPSA) is 90.8 Å². The summed E-state index contributed by atoms with van der Waals surface area (Å²) in [6.45, 7) is 6.33. The van der Waals surface area contributed by atoms with Gasteiger partial charge in [0.05, 0.1) is 12.1 Å². The van der Waals surface area contributed by atoms with Crippen molar-refractivity contribution in [3.05, 3.63) is 89.2 Å². The van der Waals surface area contributed by atoms with Crippen molar-refractivity contribution in [2.75, 3.05) is 6.54 Å². The summed E-state index contributed by atoms with van der Waals surface area (Å²) in [6.07, 6.45) is 3.91. The number of rotatable bonds is 8. The second-order valence-corrected chi connectivity index (χ2v) is 11.0. The van der Waals surface area contributed by atoms with Gasteiger partial charge in [0.15, 0.2) is 5.78 Å². The van der Waals surface area contributed by atoms with Gasteiger partial charge in [-0.1, -0.05) is 56.3 Å². The Morgan fingerprint density at radius 2 is 1.79 bits per heavy atom. The van der Waals surface area contributed by atoms with Gasteiger partial charge in [0.1, 0.15) is 6.04 Å².